The summed E-state index contributed by atoms with van der Waals surface area (Å²) in [4.78, 5) is 25.5. The van der Waals surface area contributed by atoms with Gasteiger partial charge in [-0.3, -0.25) is 9.36 Å². The molecule has 8 nitrogen and oxygen atoms in total. The molecule has 0 spiro atoms. The zero-order valence-corrected chi connectivity index (χ0v) is 49.7. The summed E-state index contributed by atoms with van der Waals surface area (Å²) >= 11 is 0. The molecule has 3 unspecified atom stereocenters. The second-order valence-electron chi connectivity index (χ2n) is 21.7. The number of aliphatic hydroxyl groups is 1. The quantitative estimate of drug-likeness (QED) is 0.0272. The standard InChI is InChI=1S/C65H117N2O6P/c1-6-8-10-12-14-16-18-20-22-24-26-28-29-30-31-32-33-34-35-36-37-39-41-43-45-47-49-51-53-55-57-59-65(69)66-63(62-73-74(70,71)72-61-60-67(3,4)5)64(68)58-56-54-52-50-48-46-44-42-40-38-27-25-23-21-19-17-15-13-11-9-7-2/h8,10,14,16,20,22,26,28,30-31,40,42,48,50,56,58,63-64,68H,6-7,9,11-13,15,17-19,21,23-25,27,29,32-39,41,43-47,49,51-55,57,59-62H2,1-5H3,(H-,66,69,70,71)/b10-8-,16-14-,22-20-,28-26-,31-30-,42-40+,50-48+,58-56+. The van der Waals surface area contributed by atoms with Crippen molar-refractivity contribution in [1.82, 2.24) is 5.32 Å². The molecule has 9 heteroatoms. The molecule has 428 valence electrons. The van der Waals surface area contributed by atoms with Crippen LogP contribution in [-0.4, -0.2) is 68.5 Å². The largest absolute Gasteiger partial charge is 0.756 e. The molecule has 0 heterocycles. The molecule has 0 aromatic rings. The first-order chi connectivity index (χ1) is 36.0. The maximum atomic E-state index is 13.0. The zero-order valence-electron chi connectivity index (χ0n) is 48.8. The highest BCUT2D eigenvalue weighted by Gasteiger charge is 2.23. The first-order valence-corrected chi connectivity index (χ1v) is 32.1. The molecule has 2 N–H and O–H groups in total. The maximum absolute atomic E-state index is 13.0. The minimum absolute atomic E-state index is 0.0122. The van der Waals surface area contributed by atoms with Crippen LogP contribution in [0.3, 0.4) is 0 Å². The van der Waals surface area contributed by atoms with Gasteiger partial charge in [0.05, 0.1) is 39.9 Å². The molecular formula is C65H117N2O6P. The number of phosphoric acid groups is 1. The van der Waals surface area contributed by atoms with E-state index in [2.05, 4.69) is 104 Å². The number of hydrogen-bond donors (Lipinski definition) is 2. The van der Waals surface area contributed by atoms with Crippen LogP contribution in [0.25, 0.3) is 0 Å². The SMILES string of the molecule is CC/C=C\C/C=C\C/C=C\C/C=C\C/C=C\CCCCCCCCCCCCCCCCCC(=O)NC(COP(=O)([O-])OCC[N+](C)(C)C)C(O)/C=C/CC/C=C/CC/C=C/CCCCCCCCCCCCC. The lowest BCUT2D eigenvalue weighted by Gasteiger charge is -2.29. The lowest BCUT2D eigenvalue weighted by atomic mass is 10.0. The molecule has 0 rings (SSSR count). The minimum Gasteiger partial charge on any atom is -0.756 e. The number of rotatable bonds is 55. The molecular weight excluding hydrogens is 936 g/mol. The molecule has 0 aromatic heterocycles. The van der Waals surface area contributed by atoms with E-state index in [-0.39, 0.29) is 12.5 Å². The Bertz CT molecular complexity index is 1520. The number of quaternary nitrogens is 1. The van der Waals surface area contributed by atoms with E-state index >= 15 is 0 Å². The maximum Gasteiger partial charge on any atom is 0.268 e. The highest BCUT2D eigenvalue weighted by Crippen LogP contribution is 2.38. The van der Waals surface area contributed by atoms with Crippen molar-refractivity contribution in [2.75, 3.05) is 40.9 Å². The van der Waals surface area contributed by atoms with Crippen LogP contribution in [0.5, 0.6) is 0 Å². The molecule has 0 saturated carbocycles. The van der Waals surface area contributed by atoms with E-state index in [1.54, 1.807) is 6.08 Å². The highest BCUT2D eigenvalue weighted by atomic mass is 31.2. The number of carbonyl (C=O) groups excluding carboxylic acids is 1. The number of likely N-dealkylation sites (N-methyl/N-ethyl adjacent to an activating group) is 1. The molecule has 0 saturated heterocycles. The van der Waals surface area contributed by atoms with Gasteiger partial charge in [0.15, 0.2) is 0 Å². The number of aliphatic hydroxyl groups excluding tert-OH is 1. The average Bonchev–Trinajstić information content (AvgIpc) is 3.36. The van der Waals surface area contributed by atoms with Gasteiger partial charge in [-0.2, -0.15) is 0 Å². The second kappa shape index (κ2) is 55.2. The van der Waals surface area contributed by atoms with Gasteiger partial charge in [0.1, 0.15) is 13.2 Å². The van der Waals surface area contributed by atoms with Crippen LogP contribution in [0.2, 0.25) is 0 Å². The number of hydrogen-bond acceptors (Lipinski definition) is 6. The van der Waals surface area contributed by atoms with Gasteiger partial charge in [0.2, 0.25) is 5.91 Å². The van der Waals surface area contributed by atoms with E-state index in [1.807, 2.05) is 27.2 Å². The Kier molecular flexibility index (Phi) is 53.3. The first kappa shape index (κ1) is 71.4. The van der Waals surface area contributed by atoms with Gasteiger partial charge in [0.25, 0.3) is 7.82 Å². The third kappa shape index (κ3) is 57.1. The Balaban J connectivity index is 4.20. The van der Waals surface area contributed by atoms with Crippen molar-refractivity contribution in [2.45, 2.75) is 270 Å². The Hall–Kier alpha value is -2.58. The van der Waals surface area contributed by atoms with Crippen LogP contribution in [0.4, 0.5) is 0 Å². The van der Waals surface area contributed by atoms with Gasteiger partial charge in [-0.15, -0.1) is 0 Å². The lowest BCUT2D eigenvalue weighted by Crippen LogP contribution is -2.45. The normalized spacial score (nSPS) is 14.5. The Morgan fingerprint density at radius 2 is 0.838 bits per heavy atom. The van der Waals surface area contributed by atoms with E-state index < -0.39 is 26.6 Å². The molecule has 0 aromatic carbocycles. The third-order valence-electron chi connectivity index (χ3n) is 13.3. The highest BCUT2D eigenvalue weighted by molar-refractivity contribution is 7.45. The summed E-state index contributed by atoms with van der Waals surface area (Å²) in [7, 11) is 1.23. The smallest absolute Gasteiger partial charge is 0.268 e. The Morgan fingerprint density at radius 1 is 0.486 bits per heavy atom. The van der Waals surface area contributed by atoms with E-state index in [4.69, 9.17) is 9.05 Å². The summed E-state index contributed by atoms with van der Waals surface area (Å²) in [5.74, 6) is -0.213. The number of allylic oxidation sites excluding steroid dienone is 15. The number of nitrogens with one attached hydrogen (secondary N) is 1. The van der Waals surface area contributed by atoms with Crippen molar-refractivity contribution < 1.29 is 32.9 Å². The van der Waals surface area contributed by atoms with Gasteiger partial charge in [0, 0.05) is 6.42 Å². The summed E-state index contributed by atoms with van der Waals surface area (Å²) in [5.41, 5.74) is 0. The summed E-state index contributed by atoms with van der Waals surface area (Å²) in [6.45, 7) is 4.52. The van der Waals surface area contributed by atoms with Crippen molar-refractivity contribution in [1.29, 1.82) is 0 Å². The second-order valence-corrected chi connectivity index (χ2v) is 23.1. The van der Waals surface area contributed by atoms with Crippen LogP contribution < -0.4 is 10.2 Å². The van der Waals surface area contributed by atoms with Crippen LogP contribution in [-0.2, 0) is 18.4 Å². The number of nitrogens with zero attached hydrogens (tertiary/aromatic N) is 1. The van der Waals surface area contributed by atoms with Crippen molar-refractivity contribution in [3.8, 4) is 0 Å². The molecule has 74 heavy (non-hydrogen) atoms. The molecule has 0 fully saturated rings. The fourth-order valence-electron chi connectivity index (χ4n) is 8.51. The fourth-order valence-corrected chi connectivity index (χ4v) is 9.23. The number of amides is 1. The van der Waals surface area contributed by atoms with Crippen molar-refractivity contribution >= 4 is 13.7 Å². The number of unbranched alkanes of at least 4 members (excludes halogenated alkanes) is 28. The number of carbonyl (C=O) groups is 1. The van der Waals surface area contributed by atoms with Gasteiger partial charge in [-0.05, 0) is 89.9 Å². The van der Waals surface area contributed by atoms with Gasteiger partial charge in [-0.25, -0.2) is 0 Å². The molecule has 1 amide bonds. The molecule has 0 aliphatic carbocycles. The molecule has 3 atom stereocenters. The van der Waals surface area contributed by atoms with E-state index in [0.29, 0.717) is 17.4 Å². The topological polar surface area (TPSA) is 108 Å². The summed E-state index contributed by atoms with van der Waals surface area (Å²) < 4.78 is 23.4. The lowest BCUT2D eigenvalue weighted by molar-refractivity contribution is -0.870. The minimum atomic E-state index is -4.62. The van der Waals surface area contributed by atoms with Gasteiger partial charge < -0.3 is 28.8 Å². The summed E-state index contributed by atoms with van der Waals surface area (Å²) in [6, 6.07) is -0.916. The van der Waals surface area contributed by atoms with Gasteiger partial charge >= 0.3 is 0 Å². The van der Waals surface area contributed by atoms with E-state index in [0.717, 1.165) is 77.0 Å². The molecule has 0 aliphatic heterocycles. The average molecular weight is 1050 g/mol. The predicted octanol–water partition coefficient (Wildman–Crippen LogP) is 18.4. The fraction of sp³-hybridized carbons (Fsp3) is 0.738. The van der Waals surface area contributed by atoms with Crippen LogP contribution >= 0.6 is 7.82 Å². The van der Waals surface area contributed by atoms with Crippen molar-refractivity contribution in [3.63, 3.8) is 0 Å². The summed E-state index contributed by atoms with van der Waals surface area (Å²) in [5, 5.41) is 13.9. The number of phosphoric ester groups is 1. The van der Waals surface area contributed by atoms with Crippen LogP contribution in [0, 0.1) is 0 Å². The first-order valence-electron chi connectivity index (χ1n) is 30.6. The third-order valence-corrected chi connectivity index (χ3v) is 14.2. The van der Waals surface area contributed by atoms with Crippen molar-refractivity contribution in [2.24, 2.45) is 0 Å². The summed E-state index contributed by atoms with van der Waals surface area (Å²) in [6.07, 6.45) is 79.2. The van der Waals surface area contributed by atoms with Crippen molar-refractivity contribution in [3.05, 3.63) is 97.2 Å². The van der Waals surface area contributed by atoms with E-state index in [1.165, 1.54) is 161 Å². The molecule has 0 aliphatic rings. The Labute approximate surface area is 458 Å². The Morgan fingerprint density at radius 3 is 1.26 bits per heavy atom. The zero-order chi connectivity index (χ0) is 54.2. The van der Waals surface area contributed by atoms with Crippen LogP contribution in [0.15, 0.2) is 97.2 Å². The monoisotopic (exact) mass is 1050 g/mol. The van der Waals surface area contributed by atoms with Gasteiger partial charge in [-0.1, -0.05) is 259 Å². The van der Waals surface area contributed by atoms with E-state index in [9.17, 15) is 19.4 Å². The molecule has 0 bridgehead atoms. The molecule has 0 radical (unpaired) electrons. The predicted molar refractivity (Wildman–Crippen MR) is 320 cm³/mol. The van der Waals surface area contributed by atoms with Crippen LogP contribution in [0.1, 0.15) is 258 Å².